The monoisotopic (exact) mass is 411 g/mol. The number of benzene rings is 1. The van der Waals surface area contributed by atoms with E-state index in [1.807, 2.05) is 0 Å². The van der Waals surface area contributed by atoms with E-state index < -0.39 is 10.0 Å². The molecule has 0 radical (unpaired) electrons. The van der Waals surface area contributed by atoms with Crippen LogP contribution in [-0.2, 0) is 10.0 Å². The Morgan fingerprint density at radius 2 is 1.74 bits per heavy atom. The van der Waals surface area contributed by atoms with Crippen LogP contribution in [0, 0.1) is 5.92 Å². The molecule has 1 saturated carbocycles. The van der Waals surface area contributed by atoms with Crippen molar-refractivity contribution in [3.05, 3.63) is 24.3 Å². The molecule has 6 nitrogen and oxygen atoms in total. The minimum Gasteiger partial charge on any atom is -0.497 e. The van der Waals surface area contributed by atoms with E-state index in [-0.39, 0.29) is 0 Å². The van der Waals surface area contributed by atoms with Crippen molar-refractivity contribution in [1.82, 2.24) is 14.5 Å². The zero-order chi connectivity index (χ0) is 19.4. The minimum absolute atomic E-state index is 0.300. The van der Waals surface area contributed by atoms with Gasteiger partial charge in [0.05, 0.1) is 12.0 Å². The van der Waals surface area contributed by atoms with Crippen LogP contribution in [0.25, 0.3) is 0 Å². The Hall–Kier alpha value is -1.38. The SMILES string of the molecule is COc1ccc(S(=O)(=O)N2CCN(C(=S)N[C@@H]3CCCC[C@H]3C)CC2)cc1. The van der Waals surface area contributed by atoms with E-state index in [1.54, 1.807) is 31.4 Å². The van der Waals surface area contributed by atoms with Crippen LogP contribution in [0.4, 0.5) is 0 Å². The molecule has 1 heterocycles. The molecule has 0 spiro atoms. The highest BCUT2D eigenvalue weighted by Gasteiger charge is 2.30. The summed E-state index contributed by atoms with van der Waals surface area (Å²) in [6.07, 6.45) is 4.95. The standard InChI is InChI=1S/C19H29N3O3S2/c1-15-5-3-4-6-18(15)20-19(26)21-11-13-22(14-12-21)27(23,24)17-9-7-16(25-2)8-10-17/h7-10,15,18H,3-6,11-14H2,1-2H3,(H,20,26)/t15-,18-/m1/s1. The molecule has 2 atom stereocenters. The summed E-state index contributed by atoms with van der Waals surface area (Å²) < 4.78 is 32.3. The number of thiocarbonyl (C=S) groups is 1. The highest BCUT2D eigenvalue weighted by molar-refractivity contribution is 7.89. The first kappa shape index (κ1) is 20.4. The van der Waals surface area contributed by atoms with Crippen LogP contribution < -0.4 is 10.1 Å². The zero-order valence-electron chi connectivity index (χ0n) is 16.1. The molecule has 0 amide bonds. The first-order valence-electron chi connectivity index (χ1n) is 9.61. The van der Waals surface area contributed by atoms with Crippen LogP contribution in [0.2, 0.25) is 0 Å². The number of sulfonamides is 1. The maximum atomic E-state index is 12.8. The highest BCUT2D eigenvalue weighted by atomic mass is 32.2. The Kier molecular flexibility index (Phi) is 6.60. The summed E-state index contributed by atoms with van der Waals surface area (Å²) in [6, 6.07) is 6.97. The zero-order valence-corrected chi connectivity index (χ0v) is 17.7. The lowest BCUT2D eigenvalue weighted by molar-refractivity contribution is 0.251. The van der Waals surface area contributed by atoms with Gasteiger partial charge < -0.3 is 15.0 Å². The van der Waals surface area contributed by atoms with E-state index in [0.717, 1.165) is 11.5 Å². The van der Waals surface area contributed by atoms with Crippen LogP contribution in [0.5, 0.6) is 5.75 Å². The Morgan fingerprint density at radius 1 is 1.11 bits per heavy atom. The number of hydrogen-bond donors (Lipinski definition) is 1. The van der Waals surface area contributed by atoms with Gasteiger partial charge >= 0.3 is 0 Å². The molecule has 1 N–H and O–H groups in total. The van der Waals surface area contributed by atoms with Gasteiger partial charge in [0.2, 0.25) is 10.0 Å². The number of piperazine rings is 1. The van der Waals surface area contributed by atoms with Gasteiger partial charge in [-0.15, -0.1) is 0 Å². The molecule has 2 fully saturated rings. The van der Waals surface area contributed by atoms with Crippen LogP contribution in [0.3, 0.4) is 0 Å². The maximum Gasteiger partial charge on any atom is 0.243 e. The van der Waals surface area contributed by atoms with E-state index in [1.165, 1.54) is 23.6 Å². The molecule has 1 aromatic carbocycles. The van der Waals surface area contributed by atoms with E-state index in [9.17, 15) is 8.42 Å². The molecule has 1 saturated heterocycles. The summed E-state index contributed by atoms with van der Waals surface area (Å²) in [6.45, 7) is 4.39. The normalized spacial score (nSPS) is 24.4. The third-order valence-corrected chi connectivity index (χ3v) is 7.93. The number of rotatable bonds is 4. The van der Waals surface area contributed by atoms with Gasteiger partial charge in [0.25, 0.3) is 0 Å². The van der Waals surface area contributed by atoms with Gasteiger partial charge in [-0.2, -0.15) is 4.31 Å². The van der Waals surface area contributed by atoms with E-state index in [2.05, 4.69) is 17.1 Å². The fraction of sp³-hybridized carbons (Fsp3) is 0.632. The van der Waals surface area contributed by atoms with Gasteiger partial charge in [0.15, 0.2) is 5.11 Å². The molecule has 3 rings (SSSR count). The second-order valence-electron chi connectivity index (χ2n) is 7.38. The maximum absolute atomic E-state index is 12.8. The lowest BCUT2D eigenvalue weighted by atomic mass is 9.86. The van der Waals surface area contributed by atoms with Crippen molar-refractivity contribution in [3.63, 3.8) is 0 Å². The number of ether oxygens (including phenoxy) is 1. The molecule has 0 unspecified atom stereocenters. The van der Waals surface area contributed by atoms with Crippen molar-refractivity contribution in [2.75, 3.05) is 33.3 Å². The quantitative estimate of drug-likeness (QED) is 0.768. The summed E-state index contributed by atoms with van der Waals surface area (Å²) in [7, 11) is -1.92. The van der Waals surface area contributed by atoms with Gasteiger partial charge in [-0.3, -0.25) is 0 Å². The predicted octanol–water partition coefficient (Wildman–Crippen LogP) is 2.45. The number of hydrogen-bond acceptors (Lipinski definition) is 4. The molecular formula is C19H29N3O3S2. The summed E-state index contributed by atoms with van der Waals surface area (Å²) in [5, 5.41) is 4.27. The first-order valence-corrected chi connectivity index (χ1v) is 11.5. The Labute approximate surface area is 167 Å². The topological polar surface area (TPSA) is 61.9 Å². The van der Waals surface area contributed by atoms with Gasteiger partial charge in [-0.25, -0.2) is 8.42 Å². The summed E-state index contributed by atoms with van der Waals surface area (Å²) in [5.74, 6) is 1.28. The fourth-order valence-electron chi connectivity index (χ4n) is 3.81. The fourth-order valence-corrected chi connectivity index (χ4v) is 5.57. The second kappa shape index (κ2) is 8.75. The summed E-state index contributed by atoms with van der Waals surface area (Å²) >= 11 is 5.59. The van der Waals surface area contributed by atoms with E-state index in [0.29, 0.717) is 48.8 Å². The van der Waals surface area contributed by atoms with Crippen LogP contribution in [-0.4, -0.2) is 62.1 Å². The van der Waals surface area contributed by atoms with Crippen molar-refractivity contribution >= 4 is 27.4 Å². The Bertz CT molecular complexity index is 744. The number of nitrogens with one attached hydrogen (secondary N) is 1. The molecule has 2 aliphatic rings. The van der Waals surface area contributed by atoms with Gasteiger partial charge in [-0.1, -0.05) is 19.8 Å². The van der Waals surface area contributed by atoms with Crippen molar-refractivity contribution in [3.8, 4) is 5.75 Å². The van der Waals surface area contributed by atoms with Crippen LogP contribution in [0.15, 0.2) is 29.2 Å². The largest absolute Gasteiger partial charge is 0.497 e. The van der Waals surface area contributed by atoms with E-state index in [4.69, 9.17) is 17.0 Å². The molecule has 27 heavy (non-hydrogen) atoms. The molecule has 1 aliphatic heterocycles. The summed E-state index contributed by atoms with van der Waals surface area (Å²) in [4.78, 5) is 2.39. The molecule has 1 aliphatic carbocycles. The third kappa shape index (κ3) is 4.73. The molecule has 150 valence electrons. The minimum atomic E-state index is -3.48. The predicted molar refractivity (Wildman–Crippen MR) is 110 cm³/mol. The second-order valence-corrected chi connectivity index (χ2v) is 9.71. The Balaban J connectivity index is 1.56. The molecular weight excluding hydrogens is 382 g/mol. The highest BCUT2D eigenvalue weighted by Crippen LogP contribution is 2.24. The van der Waals surface area contributed by atoms with Crippen molar-refractivity contribution in [1.29, 1.82) is 0 Å². The molecule has 8 heteroatoms. The molecule has 0 aromatic heterocycles. The Morgan fingerprint density at radius 3 is 2.33 bits per heavy atom. The average molecular weight is 412 g/mol. The summed E-state index contributed by atoms with van der Waals surface area (Å²) in [5.41, 5.74) is 0. The van der Waals surface area contributed by atoms with Crippen molar-refractivity contribution in [2.24, 2.45) is 5.92 Å². The van der Waals surface area contributed by atoms with Gasteiger partial charge in [0, 0.05) is 32.2 Å². The molecule has 1 aromatic rings. The number of nitrogens with zero attached hydrogens (tertiary/aromatic N) is 2. The van der Waals surface area contributed by atoms with Crippen molar-refractivity contribution in [2.45, 2.75) is 43.5 Å². The van der Waals surface area contributed by atoms with Gasteiger partial charge in [-0.05, 0) is 55.2 Å². The first-order chi connectivity index (χ1) is 12.9. The van der Waals surface area contributed by atoms with Gasteiger partial charge in [0.1, 0.15) is 5.75 Å². The van der Waals surface area contributed by atoms with Crippen molar-refractivity contribution < 1.29 is 13.2 Å². The smallest absolute Gasteiger partial charge is 0.243 e. The van der Waals surface area contributed by atoms with Crippen LogP contribution in [0.1, 0.15) is 32.6 Å². The molecule has 0 bridgehead atoms. The lowest BCUT2D eigenvalue weighted by Crippen LogP contribution is -2.55. The van der Waals surface area contributed by atoms with E-state index >= 15 is 0 Å². The number of methoxy groups -OCH3 is 1. The lowest BCUT2D eigenvalue weighted by Gasteiger charge is -2.38. The van der Waals surface area contributed by atoms with Crippen LogP contribution >= 0.6 is 12.2 Å². The average Bonchev–Trinajstić information content (AvgIpc) is 2.70. The third-order valence-electron chi connectivity index (χ3n) is 5.64.